The highest BCUT2D eigenvalue weighted by Crippen LogP contribution is 2.08. The van der Waals surface area contributed by atoms with Crippen molar-refractivity contribution in [3.63, 3.8) is 0 Å². The molecule has 1 aromatic heterocycles. The number of nitrogens with one attached hydrogen (secondary N) is 1. The summed E-state index contributed by atoms with van der Waals surface area (Å²) in [7, 11) is 0. The number of halogens is 2. The average molecular weight is 177 g/mol. The van der Waals surface area contributed by atoms with Gasteiger partial charge in [-0.2, -0.15) is 8.78 Å². The van der Waals surface area contributed by atoms with Gasteiger partial charge >= 0.3 is 6.55 Å². The molecule has 0 bridgehead atoms. The molecule has 1 N–H and O–H groups in total. The van der Waals surface area contributed by atoms with Gasteiger partial charge in [-0.3, -0.25) is 10.1 Å². The fourth-order valence-corrected chi connectivity index (χ4v) is 1.20. The summed E-state index contributed by atoms with van der Waals surface area (Å²) < 4.78 is 23.1. The van der Waals surface area contributed by atoms with Gasteiger partial charge in [0, 0.05) is 0 Å². The number of alkyl halides is 2. The van der Waals surface area contributed by atoms with Crippen LogP contribution < -0.4 is 5.32 Å². The Labute approximate surface area is 65.8 Å². The molecule has 1 amide bonds. The van der Waals surface area contributed by atoms with Gasteiger partial charge in [0.25, 0.3) is 5.91 Å². The van der Waals surface area contributed by atoms with Crippen molar-refractivity contribution in [3.8, 4) is 0 Å². The quantitative estimate of drug-likeness (QED) is 0.684. The fourth-order valence-electron chi connectivity index (χ4n) is 0.578. The number of amides is 1. The van der Waals surface area contributed by atoms with E-state index in [0.717, 1.165) is 11.3 Å². The number of carbonyl (C=O) groups is 1. The maximum Gasteiger partial charge on any atom is 0.315 e. The summed E-state index contributed by atoms with van der Waals surface area (Å²) in [6, 6.07) is 3.12. The third-order valence-corrected chi connectivity index (χ3v) is 1.85. The van der Waals surface area contributed by atoms with E-state index in [4.69, 9.17) is 0 Å². The minimum atomic E-state index is -2.79. The van der Waals surface area contributed by atoms with E-state index in [1.54, 1.807) is 11.4 Å². The lowest BCUT2D eigenvalue weighted by molar-refractivity contribution is 0.0703. The first-order valence-electron chi connectivity index (χ1n) is 2.82. The summed E-state index contributed by atoms with van der Waals surface area (Å²) >= 11 is 1.13. The van der Waals surface area contributed by atoms with Gasteiger partial charge in [0.1, 0.15) is 0 Å². The Hall–Kier alpha value is -0.970. The van der Waals surface area contributed by atoms with Gasteiger partial charge < -0.3 is 0 Å². The average Bonchev–Trinajstić information content (AvgIpc) is 2.35. The minimum absolute atomic E-state index is 0.297. The molecule has 0 spiro atoms. The lowest BCUT2D eigenvalue weighted by atomic mass is 10.4. The Balaban J connectivity index is 2.57. The summed E-state index contributed by atoms with van der Waals surface area (Å²) in [5, 5.41) is 3.14. The molecule has 0 aliphatic heterocycles. The third-order valence-electron chi connectivity index (χ3n) is 0.985. The molecule has 60 valence electrons. The first-order valence-corrected chi connectivity index (χ1v) is 3.70. The van der Waals surface area contributed by atoms with Crippen LogP contribution in [-0.4, -0.2) is 12.5 Å². The first-order chi connectivity index (χ1) is 5.20. The van der Waals surface area contributed by atoms with E-state index in [0.29, 0.717) is 4.88 Å². The molecule has 1 aromatic rings. The zero-order chi connectivity index (χ0) is 8.27. The zero-order valence-corrected chi connectivity index (χ0v) is 6.20. The lowest BCUT2D eigenvalue weighted by Gasteiger charge is -1.99. The Bertz CT molecular complexity index is 235. The van der Waals surface area contributed by atoms with E-state index in [-0.39, 0.29) is 0 Å². The smallest absolute Gasteiger partial charge is 0.295 e. The third kappa shape index (κ3) is 2.27. The molecule has 1 rings (SSSR count). The van der Waals surface area contributed by atoms with Crippen molar-refractivity contribution in [1.29, 1.82) is 0 Å². The molecule has 5 heteroatoms. The largest absolute Gasteiger partial charge is 0.315 e. The van der Waals surface area contributed by atoms with Gasteiger partial charge in [0.2, 0.25) is 0 Å². The lowest BCUT2D eigenvalue weighted by Crippen LogP contribution is -2.27. The fraction of sp³-hybridized carbons (Fsp3) is 0.167. The molecule has 1 heterocycles. The molecule has 0 unspecified atom stereocenters. The van der Waals surface area contributed by atoms with Gasteiger partial charge in [-0.1, -0.05) is 6.07 Å². The number of carbonyl (C=O) groups excluding carboxylic acids is 1. The van der Waals surface area contributed by atoms with Crippen molar-refractivity contribution < 1.29 is 13.6 Å². The van der Waals surface area contributed by atoms with E-state index in [1.165, 1.54) is 11.4 Å². The topological polar surface area (TPSA) is 29.1 Å². The van der Waals surface area contributed by atoms with Crippen LogP contribution in [0.15, 0.2) is 17.5 Å². The maximum absolute atomic E-state index is 11.5. The molecule has 0 aliphatic rings. The Morgan fingerprint density at radius 1 is 1.64 bits per heavy atom. The normalized spacial score (nSPS) is 10.1. The van der Waals surface area contributed by atoms with Gasteiger partial charge in [0.05, 0.1) is 4.88 Å². The number of hydrogen-bond acceptors (Lipinski definition) is 2. The van der Waals surface area contributed by atoms with Crippen LogP contribution in [0.1, 0.15) is 9.67 Å². The van der Waals surface area contributed by atoms with Gasteiger partial charge in [-0.25, -0.2) is 0 Å². The summed E-state index contributed by atoms with van der Waals surface area (Å²) in [6.07, 6.45) is 0. The zero-order valence-electron chi connectivity index (χ0n) is 5.38. The molecular formula is C6H5F2NOS. The van der Waals surface area contributed by atoms with Crippen LogP contribution in [0.5, 0.6) is 0 Å². The van der Waals surface area contributed by atoms with Crippen molar-refractivity contribution >= 4 is 17.2 Å². The van der Waals surface area contributed by atoms with Gasteiger partial charge in [-0.05, 0) is 11.4 Å². The molecule has 11 heavy (non-hydrogen) atoms. The molecule has 0 aliphatic carbocycles. The highest BCUT2D eigenvalue weighted by atomic mass is 32.1. The molecule has 0 aromatic carbocycles. The summed E-state index contributed by atoms with van der Waals surface area (Å²) in [4.78, 5) is 11.0. The second-order valence-corrected chi connectivity index (χ2v) is 2.70. The summed E-state index contributed by atoms with van der Waals surface area (Å²) in [5.41, 5.74) is 0. The predicted octanol–water partition coefficient (Wildman–Crippen LogP) is 1.70. The number of thiophene rings is 1. The number of rotatable bonds is 2. The Morgan fingerprint density at radius 2 is 2.36 bits per heavy atom. The van der Waals surface area contributed by atoms with E-state index in [2.05, 4.69) is 0 Å². The van der Waals surface area contributed by atoms with Crippen LogP contribution >= 0.6 is 11.3 Å². The Kier molecular flexibility index (Phi) is 2.53. The molecule has 0 radical (unpaired) electrons. The molecular weight excluding hydrogens is 172 g/mol. The SMILES string of the molecule is O=C(NC(F)F)c1cccs1. The molecule has 2 nitrogen and oxygen atoms in total. The minimum Gasteiger partial charge on any atom is -0.295 e. The van der Waals surface area contributed by atoms with Gasteiger partial charge in [-0.15, -0.1) is 11.3 Å². The van der Waals surface area contributed by atoms with Crippen molar-refractivity contribution in [3.05, 3.63) is 22.4 Å². The number of hydrogen-bond donors (Lipinski definition) is 1. The van der Waals surface area contributed by atoms with E-state index < -0.39 is 12.5 Å². The molecule has 0 saturated carbocycles. The molecule has 0 atom stereocenters. The second-order valence-electron chi connectivity index (χ2n) is 1.75. The summed E-state index contributed by atoms with van der Waals surface area (Å²) in [6.45, 7) is -2.79. The maximum atomic E-state index is 11.5. The van der Waals surface area contributed by atoms with Crippen LogP contribution in [-0.2, 0) is 0 Å². The van der Waals surface area contributed by atoms with Crippen LogP contribution in [0.2, 0.25) is 0 Å². The van der Waals surface area contributed by atoms with Crippen molar-refractivity contribution in [2.75, 3.05) is 0 Å². The van der Waals surface area contributed by atoms with Crippen LogP contribution in [0.3, 0.4) is 0 Å². The monoisotopic (exact) mass is 177 g/mol. The van der Waals surface area contributed by atoms with E-state index >= 15 is 0 Å². The van der Waals surface area contributed by atoms with Crippen LogP contribution in [0, 0.1) is 0 Å². The van der Waals surface area contributed by atoms with Crippen molar-refractivity contribution in [1.82, 2.24) is 5.32 Å². The standard InChI is InChI=1S/C6H5F2NOS/c7-6(8)9-5(10)4-2-1-3-11-4/h1-3,6H,(H,9,10). The van der Waals surface area contributed by atoms with Crippen molar-refractivity contribution in [2.24, 2.45) is 0 Å². The van der Waals surface area contributed by atoms with Crippen LogP contribution in [0.4, 0.5) is 8.78 Å². The predicted molar refractivity (Wildman–Crippen MR) is 37.8 cm³/mol. The first kappa shape index (κ1) is 8.13. The van der Waals surface area contributed by atoms with Gasteiger partial charge in [0.15, 0.2) is 0 Å². The molecule has 0 fully saturated rings. The highest BCUT2D eigenvalue weighted by Gasteiger charge is 2.10. The van der Waals surface area contributed by atoms with E-state index in [1.807, 2.05) is 0 Å². The Morgan fingerprint density at radius 3 is 2.82 bits per heavy atom. The summed E-state index contributed by atoms with van der Waals surface area (Å²) in [5.74, 6) is -0.727. The van der Waals surface area contributed by atoms with Crippen LogP contribution in [0.25, 0.3) is 0 Å². The van der Waals surface area contributed by atoms with E-state index in [9.17, 15) is 13.6 Å². The van der Waals surface area contributed by atoms with Crippen molar-refractivity contribution in [2.45, 2.75) is 6.55 Å². The highest BCUT2D eigenvalue weighted by molar-refractivity contribution is 7.12. The second kappa shape index (κ2) is 3.43. The molecule has 0 saturated heterocycles.